The first-order valence-corrected chi connectivity index (χ1v) is 5.71. The molecular weight excluding hydrogens is 168 g/mol. The highest BCUT2D eigenvalue weighted by atomic mass is 32.2. The van der Waals surface area contributed by atoms with Gasteiger partial charge in [0.15, 0.2) is 5.17 Å². The van der Waals surface area contributed by atoms with Gasteiger partial charge in [0.2, 0.25) is 0 Å². The average molecular weight is 184 g/mol. The van der Waals surface area contributed by atoms with Gasteiger partial charge >= 0.3 is 0 Å². The maximum absolute atomic E-state index is 7.13. The van der Waals surface area contributed by atoms with Crippen molar-refractivity contribution in [3.63, 3.8) is 0 Å². The lowest BCUT2D eigenvalue weighted by molar-refractivity contribution is 0.366. The van der Waals surface area contributed by atoms with Crippen LogP contribution < -0.4 is 5.73 Å². The molecule has 3 N–H and O–H groups in total. The van der Waals surface area contributed by atoms with Crippen molar-refractivity contribution in [1.29, 1.82) is 5.41 Å². The Balaban J connectivity index is 1.79. The molecule has 0 aromatic heterocycles. The summed E-state index contributed by atoms with van der Waals surface area (Å²) in [7, 11) is 0. The average Bonchev–Trinajstić information content (AvgIpc) is 2.60. The molecule has 0 aromatic carbocycles. The molecule has 0 amide bonds. The van der Waals surface area contributed by atoms with Crippen LogP contribution in [0.15, 0.2) is 0 Å². The Morgan fingerprint density at radius 2 is 2.25 bits per heavy atom. The summed E-state index contributed by atoms with van der Waals surface area (Å²) in [6.45, 7) is 0. The zero-order valence-electron chi connectivity index (χ0n) is 7.25. The lowest BCUT2D eigenvalue weighted by Crippen LogP contribution is -2.15. The van der Waals surface area contributed by atoms with Crippen LogP contribution in [0.5, 0.6) is 0 Å². The van der Waals surface area contributed by atoms with Crippen molar-refractivity contribution in [2.45, 2.75) is 25.7 Å². The van der Waals surface area contributed by atoms with Crippen molar-refractivity contribution < 1.29 is 0 Å². The van der Waals surface area contributed by atoms with E-state index >= 15 is 0 Å². The van der Waals surface area contributed by atoms with Crippen LogP contribution in [0.1, 0.15) is 25.7 Å². The highest BCUT2D eigenvalue weighted by molar-refractivity contribution is 8.13. The highest BCUT2D eigenvalue weighted by Crippen LogP contribution is 2.49. The van der Waals surface area contributed by atoms with E-state index in [2.05, 4.69) is 0 Å². The third-order valence-corrected chi connectivity index (χ3v) is 4.24. The van der Waals surface area contributed by atoms with Gasteiger partial charge in [-0.05, 0) is 37.0 Å². The molecular formula is C9H16N2S. The molecule has 0 heterocycles. The molecule has 2 saturated carbocycles. The maximum atomic E-state index is 7.13. The topological polar surface area (TPSA) is 49.9 Å². The van der Waals surface area contributed by atoms with E-state index in [1.165, 1.54) is 37.4 Å². The van der Waals surface area contributed by atoms with Crippen LogP contribution in [-0.4, -0.2) is 10.9 Å². The Bertz CT molecular complexity index is 193. The second kappa shape index (κ2) is 3.29. The van der Waals surface area contributed by atoms with E-state index in [0.717, 1.165) is 23.5 Å². The molecule has 0 radical (unpaired) electrons. The van der Waals surface area contributed by atoms with Gasteiger partial charge in [-0.3, -0.25) is 5.41 Å². The fraction of sp³-hybridized carbons (Fsp3) is 0.889. The number of hydrogen-bond acceptors (Lipinski definition) is 2. The van der Waals surface area contributed by atoms with E-state index in [1.807, 2.05) is 0 Å². The normalized spacial score (nSPS) is 38.8. The largest absolute Gasteiger partial charge is 0.379 e. The predicted octanol–water partition coefficient (Wildman–Crippen LogP) is 2.05. The zero-order valence-corrected chi connectivity index (χ0v) is 8.07. The molecule has 3 unspecified atom stereocenters. The number of nitrogens with two attached hydrogens (primary N) is 1. The SMILES string of the molecule is N=C(N)SCC1CC2CCC1C2. The monoisotopic (exact) mass is 184 g/mol. The quantitative estimate of drug-likeness (QED) is 0.510. The molecule has 2 bridgehead atoms. The van der Waals surface area contributed by atoms with Crippen LogP contribution in [0.3, 0.4) is 0 Å². The summed E-state index contributed by atoms with van der Waals surface area (Å²) in [5, 5.41) is 7.42. The van der Waals surface area contributed by atoms with E-state index in [-0.39, 0.29) is 5.17 Å². The van der Waals surface area contributed by atoms with Crippen molar-refractivity contribution >= 4 is 16.9 Å². The fourth-order valence-electron chi connectivity index (χ4n) is 2.78. The number of hydrogen-bond donors (Lipinski definition) is 2. The Hall–Kier alpha value is -0.180. The van der Waals surface area contributed by atoms with Gasteiger partial charge in [0, 0.05) is 5.75 Å². The van der Waals surface area contributed by atoms with Crippen molar-refractivity contribution in [2.24, 2.45) is 23.5 Å². The van der Waals surface area contributed by atoms with Crippen LogP contribution in [-0.2, 0) is 0 Å². The summed E-state index contributed by atoms with van der Waals surface area (Å²) >= 11 is 1.53. The first kappa shape index (κ1) is 8.42. The number of fused-ring (bicyclic) bond motifs is 2. The molecule has 0 saturated heterocycles. The van der Waals surface area contributed by atoms with Crippen LogP contribution >= 0.6 is 11.8 Å². The summed E-state index contributed by atoms with van der Waals surface area (Å²) < 4.78 is 0. The molecule has 0 aromatic rings. The predicted molar refractivity (Wildman–Crippen MR) is 53.3 cm³/mol. The zero-order chi connectivity index (χ0) is 8.55. The minimum Gasteiger partial charge on any atom is -0.379 e. The van der Waals surface area contributed by atoms with E-state index in [9.17, 15) is 0 Å². The summed E-state index contributed by atoms with van der Waals surface area (Å²) in [6, 6.07) is 0. The number of nitrogens with one attached hydrogen (secondary N) is 1. The van der Waals surface area contributed by atoms with Crippen molar-refractivity contribution in [1.82, 2.24) is 0 Å². The van der Waals surface area contributed by atoms with Gasteiger partial charge in [0.05, 0.1) is 0 Å². The molecule has 2 fully saturated rings. The molecule has 2 rings (SSSR count). The second-order valence-electron chi connectivity index (χ2n) is 4.11. The van der Waals surface area contributed by atoms with Gasteiger partial charge in [0.1, 0.15) is 0 Å². The number of thioether (sulfide) groups is 1. The van der Waals surface area contributed by atoms with Crippen molar-refractivity contribution in [3.8, 4) is 0 Å². The molecule has 12 heavy (non-hydrogen) atoms. The maximum Gasteiger partial charge on any atom is 0.151 e. The third-order valence-electron chi connectivity index (χ3n) is 3.34. The van der Waals surface area contributed by atoms with Crippen molar-refractivity contribution in [2.75, 3.05) is 5.75 Å². The Morgan fingerprint density at radius 3 is 2.75 bits per heavy atom. The van der Waals surface area contributed by atoms with Crippen LogP contribution in [0.2, 0.25) is 0 Å². The molecule has 0 aliphatic heterocycles. The van der Waals surface area contributed by atoms with Gasteiger partial charge in [-0.2, -0.15) is 0 Å². The molecule has 2 aliphatic rings. The lowest BCUT2D eigenvalue weighted by atomic mass is 9.90. The van der Waals surface area contributed by atoms with Gasteiger partial charge in [-0.15, -0.1) is 0 Å². The second-order valence-corrected chi connectivity index (χ2v) is 5.17. The van der Waals surface area contributed by atoms with Gasteiger partial charge in [0.25, 0.3) is 0 Å². The first-order valence-electron chi connectivity index (χ1n) is 4.72. The highest BCUT2D eigenvalue weighted by Gasteiger charge is 2.39. The standard InChI is InChI=1S/C9H16N2S/c10-9(11)12-5-8-4-6-1-2-7(8)3-6/h6-8H,1-5H2,(H3,10,11). The van der Waals surface area contributed by atoms with Gasteiger partial charge in [-0.25, -0.2) is 0 Å². The summed E-state index contributed by atoms with van der Waals surface area (Å²) in [4.78, 5) is 0. The van der Waals surface area contributed by atoms with E-state index in [0.29, 0.717) is 0 Å². The molecule has 3 heteroatoms. The summed E-state index contributed by atoms with van der Waals surface area (Å²) in [5.41, 5.74) is 5.31. The minimum atomic E-state index is 0.290. The molecule has 68 valence electrons. The van der Waals surface area contributed by atoms with Crippen LogP contribution in [0.4, 0.5) is 0 Å². The number of rotatable bonds is 2. The van der Waals surface area contributed by atoms with E-state index in [1.54, 1.807) is 0 Å². The number of amidine groups is 1. The van der Waals surface area contributed by atoms with E-state index < -0.39 is 0 Å². The lowest BCUT2D eigenvalue weighted by Gasteiger charge is -2.20. The summed E-state index contributed by atoms with van der Waals surface area (Å²) in [5.74, 6) is 3.96. The third kappa shape index (κ3) is 1.60. The van der Waals surface area contributed by atoms with Crippen LogP contribution in [0.25, 0.3) is 0 Å². The smallest absolute Gasteiger partial charge is 0.151 e. The minimum absolute atomic E-state index is 0.290. The summed E-state index contributed by atoms with van der Waals surface area (Å²) in [6.07, 6.45) is 5.77. The van der Waals surface area contributed by atoms with Crippen LogP contribution in [0, 0.1) is 23.2 Å². The van der Waals surface area contributed by atoms with Gasteiger partial charge in [-0.1, -0.05) is 18.2 Å². The molecule has 0 spiro atoms. The Labute approximate surface area is 77.8 Å². The molecule has 2 nitrogen and oxygen atoms in total. The molecule has 3 atom stereocenters. The van der Waals surface area contributed by atoms with Gasteiger partial charge < -0.3 is 5.73 Å². The molecule has 2 aliphatic carbocycles. The van der Waals surface area contributed by atoms with E-state index in [4.69, 9.17) is 11.1 Å². The van der Waals surface area contributed by atoms with Crippen molar-refractivity contribution in [3.05, 3.63) is 0 Å². The Kier molecular flexibility index (Phi) is 2.31. The fourth-order valence-corrected chi connectivity index (χ4v) is 3.58. The Morgan fingerprint density at radius 1 is 1.42 bits per heavy atom. The first-order chi connectivity index (χ1) is 5.75.